The third-order valence-electron chi connectivity index (χ3n) is 3.74. The molecule has 0 unspecified atom stereocenters. The molecule has 0 fully saturated rings. The summed E-state index contributed by atoms with van der Waals surface area (Å²) >= 11 is 0. The first-order valence-electron chi connectivity index (χ1n) is 8.38. The van der Waals surface area contributed by atoms with Gasteiger partial charge in [0.05, 0.1) is 20.0 Å². The highest BCUT2D eigenvalue weighted by Crippen LogP contribution is 2.28. The summed E-state index contributed by atoms with van der Waals surface area (Å²) in [6.45, 7) is 6.54. The number of hydrogen-bond donors (Lipinski definition) is 2. The molecule has 0 radical (unpaired) electrons. The minimum absolute atomic E-state index is 0.150. The van der Waals surface area contributed by atoms with E-state index in [0.717, 1.165) is 6.42 Å². The Morgan fingerprint density at radius 1 is 1.12 bits per heavy atom. The van der Waals surface area contributed by atoms with Gasteiger partial charge in [0.25, 0.3) is 5.91 Å². The van der Waals surface area contributed by atoms with E-state index in [1.807, 2.05) is 0 Å². The Balaban J connectivity index is 1.98. The number of aryl methyl sites for hydroxylation is 1. The monoisotopic (exact) mass is 360 g/mol. The molecule has 0 aliphatic rings. The van der Waals surface area contributed by atoms with Gasteiger partial charge in [0.1, 0.15) is 0 Å². The Bertz CT molecular complexity index is 767. The van der Waals surface area contributed by atoms with Gasteiger partial charge in [0.15, 0.2) is 17.3 Å². The second kappa shape index (κ2) is 8.94. The predicted octanol–water partition coefficient (Wildman–Crippen LogP) is 3.10. The van der Waals surface area contributed by atoms with Gasteiger partial charge in [0, 0.05) is 11.1 Å². The SMILES string of the molecule is COc1cc(C(=O)NNC(=O)c2occc2C)ccc1OCCC(C)C. The molecule has 0 saturated carbocycles. The highest BCUT2D eigenvalue weighted by molar-refractivity contribution is 5.98. The van der Waals surface area contributed by atoms with Gasteiger partial charge in [-0.15, -0.1) is 0 Å². The lowest BCUT2D eigenvalue weighted by molar-refractivity contribution is 0.0830. The molecular weight excluding hydrogens is 336 g/mol. The summed E-state index contributed by atoms with van der Waals surface area (Å²) in [5.41, 5.74) is 5.68. The minimum Gasteiger partial charge on any atom is -0.493 e. The maximum atomic E-state index is 12.2. The van der Waals surface area contributed by atoms with E-state index in [1.165, 1.54) is 13.4 Å². The average molecular weight is 360 g/mol. The van der Waals surface area contributed by atoms with Crippen molar-refractivity contribution in [2.75, 3.05) is 13.7 Å². The van der Waals surface area contributed by atoms with E-state index in [9.17, 15) is 9.59 Å². The zero-order valence-electron chi connectivity index (χ0n) is 15.4. The van der Waals surface area contributed by atoms with E-state index in [4.69, 9.17) is 13.9 Å². The third-order valence-corrected chi connectivity index (χ3v) is 3.74. The molecule has 1 heterocycles. The van der Waals surface area contributed by atoms with Gasteiger partial charge in [-0.2, -0.15) is 0 Å². The molecule has 1 aromatic heterocycles. The second-order valence-corrected chi connectivity index (χ2v) is 6.24. The van der Waals surface area contributed by atoms with Gasteiger partial charge < -0.3 is 13.9 Å². The molecule has 2 N–H and O–H groups in total. The zero-order valence-corrected chi connectivity index (χ0v) is 15.4. The molecule has 0 spiro atoms. The fourth-order valence-corrected chi connectivity index (χ4v) is 2.18. The van der Waals surface area contributed by atoms with Crippen LogP contribution in [0.5, 0.6) is 11.5 Å². The van der Waals surface area contributed by atoms with Gasteiger partial charge in [-0.1, -0.05) is 13.8 Å². The first-order valence-corrected chi connectivity index (χ1v) is 8.38. The topological polar surface area (TPSA) is 89.8 Å². The second-order valence-electron chi connectivity index (χ2n) is 6.24. The lowest BCUT2D eigenvalue weighted by Crippen LogP contribution is -2.41. The van der Waals surface area contributed by atoms with E-state index in [0.29, 0.717) is 35.2 Å². The van der Waals surface area contributed by atoms with Crippen LogP contribution in [-0.4, -0.2) is 25.5 Å². The van der Waals surface area contributed by atoms with Crippen LogP contribution in [0.3, 0.4) is 0 Å². The molecule has 0 bridgehead atoms. The molecule has 0 saturated heterocycles. The van der Waals surface area contributed by atoms with Crippen LogP contribution in [0.4, 0.5) is 0 Å². The van der Waals surface area contributed by atoms with Gasteiger partial charge in [-0.3, -0.25) is 20.4 Å². The molecule has 2 rings (SSSR count). The van der Waals surface area contributed by atoms with E-state index in [-0.39, 0.29) is 5.76 Å². The summed E-state index contributed by atoms with van der Waals surface area (Å²) in [6.07, 6.45) is 2.33. The van der Waals surface area contributed by atoms with Gasteiger partial charge in [-0.05, 0) is 43.5 Å². The Morgan fingerprint density at radius 3 is 2.46 bits per heavy atom. The van der Waals surface area contributed by atoms with Crippen molar-refractivity contribution in [3.05, 3.63) is 47.4 Å². The molecule has 2 aromatic rings. The van der Waals surface area contributed by atoms with E-state index < -0.39 is 11.8 Å². The van der Waals surface area contributed by atoms with Crippen molar-refractivity contribution in [1.82, 2.24) is 10.9 Å². The molecular formula is C19H24N2O5. The largest absolute Gasteiger partial charge is 0.493 e. The summed E-state index contributed by atoms with van der Waals surface area (Å²) in [5, 5.41) is 0. The minimum atomic E-state index is -0.526. The van der Waals surface area contributed by atoms with Crippen molar-refractivity contribution in [3.63, 3.8) is 0 Å². The van der Waals surface area contributed by atoms with Crippen molar-refractivity contribution in [2.45, 2.75) is 27.2 Å². The molecule has 26 heavy (non-hydrogen) atoms. The van der Waals surface area contributed by atoms with Gasteiger partial charge in [0.2, 0.25) is 0 Å². The number of hydrogen-bond acceptors (Lipinski definition) is 5. The van der Waals surface area contributed by atoms with Gasteiger partial charge in [-0.25, -0.2) is 0 Å². The molecule has 0 aliphatic heterocycles. The Labute approximate surface area is 152 Å². The molecule has 0 atom stereocenters. The van der Waals surface area contributed by atoms with Crippen molar-refractivity contribution >= 4 is 11.8 Å². The quantitative estimate of drug-likeness (QED) is 0.741. The fourth-order valence-electron chi connectivity index (χ4n) is 2.18. The molecule has 140 valence electrons. The number of rotatable bonds is 7. The van der Waals surface area contributed by atoms with E-state index in [1.54, 1.807) is 31.2 Å². The smallest absolute Gasteiger partial charge is 0.305 e. The number of nitrogens with one attached hydrogen (secondary N) is 2. The van der Waals surface area contributed by atoms with Crippen LogP contribution >= 0.6 is 0 Å². The average Bonchev–Trinajstić information content (AvgIpc) is 3.05. The first kappa shape index (κ1) is 19.4. The lowest BCUT2D eigenvalue weighted by Gasteiger charge is -2.13. The van der Waals surface area contributed by atoms with Crippen molar-refractivity contribution in [1.29, 1.82) is 0 Å². The van der Waals surface area contributed by atoms with E-state index >= 15 is 0 Å². The van der Waals surface area contributed by atoms with E-state index in [2.05, 4.69) is 24.7 Å². The molecule has 1 aromatic carbocycles. The van der Waals surface area contributed by atoms with Crippen LogP contribution < -0.4 is 20.3 Å². The molecule has 7 heteroatoms. The summed E-state index contributed by atoms with van der Waals surface area (Å²) in [5.74, 6) is 0.704. The van der Waals surface area contributed by atoms with Crippen LogP contribution in [0.15, 0.2) is 34.9 Å². The predicted molar refractivity (Wildman–Crippen MR) is 96.3 cm³/mol. The normalized spacial score (nSPS) is 10.5. The first-order chi connectivity index (χ1) is 12.4. The number of benzene rings is 1. The number of methoxy groups -OCH3 is 1. The van der Waals surface area contributed by atoms with Crippen LogP contribution in [-0.2, 0) is 0 Å². The summed E-state index contributed by atoms with van der Waals surface area (Å²) in [6, 6.07) is 6.50. The number of ether oxygens (including phenoxy) is 2. The maximum absolute atomic E-state index is 12.2. The Hall–Kier alpha value is -2.96. The molecule has 0 aliphatic carbocycles. The standard InChI is InChI=1S/C19H24N2O5/c1-12(2)7-9-25-15-6-5-14(11-16(15)24-4)18(22)20-21-19(23)17-13(3)8-10-26-17/h5-6,8,10-12H,7,9H2,1-4H3,(H,20,22)(H,21,23). The van der Waals surface area contributed by atoms with Crippen molar-refractivity contribution in [3.8, 4) is 11.5 Å². The van der Waals surface area contributed by atoms with Crippen molar-refractivity contribution in [2.24, 2.45) is 5.92 Å². The number of furan rings is 1. The summed E-state index contributed by atoms with van der Waals surface area (Å²) in [4.78, 5) is 24.2. The van der Waals surface area contributed by atoms with Crippen LogP contribution in [0.25, 0.3) is 0 Å². The van der Waals surface area contributed by atoms with Crippen LogP contribution in [0.1, 0.15) is 46.7 Å². The van der Waals surface area contributed by atoms with Crippen LogP contribution in [0.2, 0.25) is 0 Å². The summed E-state index contributed by atoms with van der Waals surface area (Å²) < 4.78 is 16.1. The maximum Gasteiger partial charge on any atom is 0.305 e. The number of amides is 2. The highest BCUT2D eigenvalue weighted by Gasteiger charge is 2.15. The zero-order chi connectivity index (χ0) is 19.1. The van der Waals surface area contributed by atoms with Gasteiger partial charge >= 0.3 is 5.91 Å². The molecule has 2 amide bonds. The Morgan fingerprint density at radius 2 is 1.85 bits per heavy atom. The molecule has 7 nitrogen and oxygen atoms in total. The highest BCUT2D eigenvalue weighted by atomic mass is 16.5. The number of hydrazine groups is 1. The number of carbonyl (C=O) groups is 2. The van der Waals surface area contributed by atoms with Crippen LogP contribution in [0, 0.1) is 12.8 Å². The van der Waals surface area contributed by atoms with Crippen molar-refractivity contribution < 1.29 is 23.5 Å². The fraction of sp³-hybridized carbons (Fsp3) is 0.368. The third kappa shape index (κ3) is 5.02. The number of carbonyl (C=O) groups excluding carboxylic acids is 2. The summed E-state index contributed by atoms with van der Waals surface area (Å²) in [7, 11) is 1.51. The Kier molecular flexibility index (Phi) is 6.66. The lowest BCUT2D eigenvalue weighted by atomic mass is 10.1.